The monoisotopic (exact) mass is 488 g/mol. The van der Waals surface area contributed by atoms with Crippen LogP contribution in [-0.4, -0.2) is 80.4 Å². The number of amides is 1. The lowest BCUT2D eigenvalue weighted by molar-refractivity contribution is -0.136. The number of piperidine rings is 1. The Balaban J connectivity index is 1.80. The van der Waals surface area contributed by atoms with Crippen molar-refractivity contribution < 1.29 is 17.7 Å². The Labute approximate surface area is 203 Å². The smallest absolute Gasteiger partial charge is 0.248 e. The minimum Gasteiger partial charge on any atom is -0.355 e. The summed E-state index contributed by atoms with van der Waals surface area (Å²) in [6.07, 6.45) is 4.78. The second kappa shape index (κ2) is 11.3. The van der Waals surface area contributed by atoms with Crippen molar-refractivity contribution in [3.63, 3.8) is 0 Å². The van der Waals surface area contributed by atoms with E-state index in [0.29, 0.717) is 38.2 Å². The van der Waals surface area contributed by atoms with Crippen LogP contribution in [0, 0.1) is 19.8 Å². The average molecular weight is 489 g/mol. The summed E-state index contributed by atoms with van der Waals surface area (Å²) in [5.41, 5.74) is 2.40. The molecule has 1 amide bonds. The van der Waals surface area contributed by atoms with Gasteiger partial charge in [-0.05, 0) is 59.3 Å². The molecule has 1 atom stereocenters. The summed E-state index contributed by atoms with van der Waals surface area (Å²) in [6.45, 7) is 8.15. The first-order valence-corrected chi connectivity index (χ1v) is 13.2. The standard InChI is InChI=1S/C25H36N4O4S/c1-6-28(17-16-27(4)5)25(30)22-8-7-15-29(18-22)34(31,32)24-20(3)26-33-23(24)14-13-21-11-9-19(2)10-12-21/h9-14,22H,6-8,15-18H2,1-5H3/b14-13+/t22-/m0/s1. The molecule has 34 heavy (non-hydrogen) atoms. The molecule has 8 nitrogen and oxygen atoms in total. The maximum Gasteiger partial charge on any atom is 0.248 e. The Bertz CT molecular complexity index is 1110. The van der Waals surface area contributed by atoms with Gasteiger partial charge in [-0.25, -0.2) is 8.42 Å². The summed E-state index contributed by atoms with van der Waals surface area (Å²) in [6, 6.07) is 7.90. The topological polar surface area (TPSA) is 87.0 Å². The molecule has 0 spiro atoms. The van der Waals surface area contributed by atoms with Crippen LogP contribution in [0.4, 0.5) is 0 Å². The zero-order valence-corrected chi connectivity index (χ0v) is 21.6. The highest BCUT2D eigenvalue weighted by atomic mass is 32.2. The first kappa shape index (κ1) is 26.1. The number of sulfonamides is 1. The van der Waals surface area contributed by atoms with E-state index in [1.54, 1.807) is 13.0 Å². The minimum atomic E-state index is -3.87. The van der Waals surface area contributed by atoms with E-state index in [1.165, 1.54) is 4.31 Å². The van der Waals surface area contributed by atoms with Gasteiger partial charge in [0.25, 0.3) is 0 Å². The highest BCUT2D eigenvalue weighted by molar-refractivity contribution is 7.89. The fraction of sp³-hybridized carbons (Fsp3) is 0.520. The third kappa shape index (κ3) is 6.14. The van der Waals surface area contributed by atoms with Gasteiger partial charge in [-0.3, -0.25) is 4.79 Å². The number of aryl methyl sites for hydroxylation is 2. The number of aromatic nitrogens is 1. The molecule has 1 aliphatic rings. The van der Waals surface area contributed by atoms with Crippen LogP contribution in [0.3, 0.4) is 0 Å². The molecule has 1 aromatic carbocycles. The van der Waals surface area contributed by atoms with Crippen LogP contribution < -0.4 is 0 Å². The second-order valence-corrected chi connectivity index (χ2v) is 11.0. The van der Waals surface area contributed by atoms with Crippen molar-refractivity contribution >= 4 is 28.1 Å². The molecule has 186 valence electrons. The van der Waals surface area contributed by atoms with Crippen molar-refractivity contribution in [2.75, 3.05) is 46.8 Å². The minimum absolute atomic E-state index is 0.0192. The molecule has 0 aliphatic carbocycles. The molecule has 1 fully saturated rings. The molecule has 1 saturated heterocycles. The lowest BCUT2D eigenvalue weighted by Crippen LogP contribution is -2.48. The number of hydrogen-bond acceptors (Lipinski definition) is 6. The maximum absolute atomic E-state index is 13.6. The van der Waals surface area contributed by atoms with Crippen molar-refractivity contribution in [3.05, 3.63) is 46.8 Å². The van der Waals surface area contributed by atoms with E-state index in [9.17, 15) is 13.2 Å². The second-order valence-electron chi connectivity index (χ2n) is 9.13. The predicted octanol–water partition coefficient (Wildman–Crippen LogP) is 3.27. The van der Waals surface area contributed by atoms with Gasteiger partial charge in [-0.1, -0.05) is 41.1 Å². The number of benzene rings is 1. The van der Waals surface area contributed by atoms with Crippen LogP contribution in [-0.2, 0) is 14.8 Å². The van der Waals surface area contributed by atoms with Crippen molar-refractivity contribution in [1.82, 2.24) is 19.3 Å². The summed E-state index contributed by atoms with van der Waals surface area (Å²) >= 11 is 0. The first-order chi connectivity index (χ1) is 16.1. The van der Waals surface area contributed by atoms with E-state index in [-0.39, 0.29) is 29.0 Å². The first-order valence-electron chi connectivity index (χ1n) is 11.8. The van der Waals surface area contributed by atoms with Gasteiger partial charge in [0, 0.05) is 32.7 Å². The zero-order chi connectivity index (χ0) is 24.9. The average Bonchev–Trinajstić information content (AvgIpc) is 3.20. The van der Waals surface area contributed by atoms with Crippen LogP contribution >= 0.6 is 0 Å². The number of nitrogens with zero attached hydrogens (tertiary/aromatic N) is 4. The van der Waals surface area contributed by atoms with Gasteiger partial charge in [0.2, 0.25) is 15.9 Å². The molecule has 3 rings (SSSR count). The van der Waals surface area contributed by atoms with Gasteiger partial charge in [-0.15, -0.1) is 0 Å². The van der Waals surface area contributed by atoms with Crippen LogP contribution in [0.5, 0.6) is 0 Å². The highest BCUT2D eigenvalue weighted by Gasteiger charge is 2.37. The van der Waals surface area contributed by atoms with Gasteiger partial charge in [0.05, 0.1) is 5.92 Å². The lowest BCUT2D eigenvalue weighted by Gasteiger charge is -2.34. The lowest BCUT2D eigenvalue weighted by atomic mass is 9.98. The third-order valence-electron chi connectivity index (χ3n) is 6.18. The fourth-order valence-electron chi connectivity index (χ4n) is 4.14. The number of carbonyl (C=O) groups is 1. The molecule has 9 heteroatoms. The fourth-order valence-corrected chi connectivity index (χ4v) is 5.92. The maximum atomic E-state index is 13.6. The van der Waals surface area contributed by atoms with E-state index in [4.69, 9.17) is 4.52 Å². The van der Waals surface area contributed by atoms with Crippen molar-refractivity contribution in [1.29, 1.82) is 0 Å². The van der Waals surface area contributed by atoms with Crippen LogP contribution in [0.25, 0.3) is 12.2 Å². The number of rotatable bonds is 9. The molecule has 0 bridgehead atoms. The number of likely N-dealkylation sites (N-methyl/N-ethyl adjacent to an activating group) is 2. The van der Waals surface area contributed by atoms with Gasteiger partial charge < -0.3 is 14.3 Å². The largest absolute Gasteiger partial charge is 0.355 e. The Morgan fingerprint density at radius 2 is 1.88 bits per heavy atom. The summed E-state index contributed by atoms with van der Waals surface area (Å²) in [5, 5.41) is 3.93. The van der Waals surface area contributed by atoms with E-state index in [1.807, 2.05) is 68.1 Å². The molecule has 0 unspecified atom stereocenters. The number of hydrogen-bond donors (Lipinski definition) is 0. The summed E-state index contributed by atoms with van der Waals surface area (Å²) in [7, 11) is 0.0744. The third-order valence-corrected chi connectivity index (χ3v) is 8.20. The van der Waals surface area contributed by atoms with Gasteiger partial charge in [-0.2, -0.15) is 4.31 Å². The summed E-state index contributed by atoms with van der Waals surface area (Å²) in [4.78, 5) is 17.1. The quantitative estimate of drug-likeness (QED) is 0.538. The summed E-state index contributed by atoms with van der Waals surface area (Å²) in [5.74, 6) is -0.129. The van der Waals surface area contributed by atoms with E-state index in [0.717, 1.165) is 17.7 Å². The molecule has 2 aromatic rings. The number of carbonyl (C=O) groups excluding carboxylic acids is 1. The van der Waals surface area contributed by atoms with Crippen LogP contribution in [0.2, 0.25) is 0 Å². The predicted molar refractivity (Wildman–Crippen MR) is 134 cm³/mol. The van der Waals surface area contributed by atoms with Gasteiger partial charge >= 0.3 is 0 Å². The Kier molecular flexibility index (Phi) is 8.67. The molecule has 0 N–H and O–H groups in total. The van der Waals surface area contributed by atoms with Crippen molar-refractivity contribution in [2.24, 2.45) is 5.92 Å². The molecule has 1 aromatic heterocycles. The summed E-state index contributed by atoms with van der Waals surface area (Å²) < 4.78 is 34.1. The van der Waals surface area contributed by atoms with Crippen LogP contribution in [0.1, 0.15) is 42.3 Å². The Morgan fingerprint density at radius 3 is 2.53 bits per heavy atom. The molecule has 0 radical (unpaired) electrons. The van der Waals surface area contributed by atoms with E-state index in [2.05, 4.69) is 5.16 Å². The Hall–Kier alpha value is -2.49. The van der Waals surface area contributed by atoms with Crippen molar-refractivity contribution in [2.45, 2.75) is 38.5 Å². The molecule has 1 aliphatic heterocycles. The van der Waals surface area contributed by atoms with E-state index < -0.39 is 10.0 Å². The van der Waals surface area contributed by atoms with E-state index >= 15 is 0 Å². The molecule has 2 heterocycles. The highest BCUT2D eigenvalue weighted by Crippen LogP contribution is 2.30. The molecular formula is C25H36N4O4S. The molecule has 0 saturated carbocycles. The van der Waals surface area contributed by atoms with Gasteiger partial charge in [0.1, 0.15) is 5.69 Å². The normalized spacial score (nSPS) is 17.5. The molecular weight excluding hydrogens is 452 g/mol. The zero-order valence-electron chi connectivity index (χ0n) is 20.8. The SMILES string of the molecule is CCN(CCN(C)C)C(=O)[C@H]1CCCN(S(=O)(=O)c2c(C)noc2/C=C/c2ccc(C)cc2)C1. The Morgan fingerprint density at radius 1 is 1.18 bits per heavy atom. The van der Waals surface area contributed by atoms with Crippen LogP contribution in [0.15, 0.2) is 33.7 Å². The van der Waals surface area contributed by atoms with Gasteiger partial charge in [0.15, 0.2) is 10.7 Å². The van der Waals surface area contributed by atoms with Crippen molar-refractivity contribution in [3.8, 4) is 0 Å².